The maximum absolute atomic E-state index is 14.6. The molecule has 0 atom stereocenters. The Kier molecular flexibility index (Phi) is 4.94. The summed E-state index contributed by atoms with van der Waals surface area (Å²) in [6, 6.07) is 12.6. The third-order valence-electron chi connectivity index (χ3n) is 4.96. The van der Waals surface area contributed by atoms with Gasteiger partial charge in [-0.15, -0.1) is 0 Å². The lowest BCUT2D eigenvalue weighted by Crippen LogP contribution is -2.08. The molecule has 4 rings (SSSR count). The lowest BCUT2D eigenvalue weighted by atomic mass is 10.0. The van der Waals surface area contributed by atoms with Crippen LogP contribution in [0, 0.1) is 12.7 Å². The van der Waals surface area contributed by atoms with Crippen molar-refractivity contribution in [1.82, 2.24) is 9.78 Å². The van der Waals surface area contributed by atoms with E-state index in [1.807, 2.05) is 12.1 Å². The highest BCUT2D eigenvalue weighted by Crippen LogP contribution is 2.41. The molecule has 0 N–H and O–H groups in total. The van der Waals surface area contributed by atoms with E-state index in [4.69, 9.17) is 16.3 Å². The Morgan fingerprint density at radius 2 is 1.96 bits per heavy atom. The van der Waals surface area contributed by atoms with Crippen LogP contribution in [0.15, 0.2) is 42.5 Å². The highest BCUT2D eigenvalue weighted by Gasteiger charge is 2.26. The highest BCUT2D eigenvalue weighted by atomic mass is 35.5. The van der Waals surface area contributed by atoms with Crippen LogP contribution in [0.4, 0.5) is 4.39 Å². The second-order valence-electron chi connectivity index (χ2n) is 6.95. The van der Waals surface area contributed by atoms with E-state index in [9.17, 15) is 9.18 Å². The number of carbonyl (C=O) groups excluding carboxylic acids is 1. The summed E-state index contributed by atoms with van der Waals surface area (Å²) in [6.45, 7) is 3.78. The quantitative estimate of drug-likeness (QED) is 0.518. The first-order valence-corrected chi connectivity index (χ1v) is 9.70. The molecule has 28 heavy (non-hydrogen) atoms. The average molecular weight is 399 g/mol. The third kappa shape index (κ3) is 3.42. The molecule has 0 radical (unpaired) electrons. The van der Waals surface area contributed by atoms with Gasteiger partial charge in [0.2, 0.25) is 0 Å². The lowest BCUT2D eigenvalue weighted by Gasteiger charge is -2.10. The van der Waals surface area contributed by atoms with Gasteiger partial charge in [0.25, 0.3) is 0 Å². The van der Waals surface area contributed by atoms with Crippen molar-refractivity contribution in [3.05, 3.63) is 70.1 Å². The lowest BCUT2D eigenvalue weighted by molar-refractivity contribution is 0.0518. The van der Waals surface area contributed by atoms with Gasteiger partial charge in [-0.2, -0.15) is 5.10 Å². The minimum Gasteiger partial charge on any atom is -0.461 e. The minimum absolute atomic E-state index is 0.178. The van der Waals surface area contributed by atoms with Crippen molar-refractivity contribution < 1.29 is 13.9 Å². The highest BCUT2D eigenvalue weighted by molar-refractivity contribution is 6.30. The SMILES string of the molecule is CCOC(=O)c1nn(-c2ccc(Cl)cc2F)c(-c2ccc(C3CC3)cc2)c1C. The zero-order valence-electron chi connectivity index (χ0n) is 15.7. The van der Waals surface area contributed by atoms with Crippen LogP contribution in [-0.2, 0) is 4.74 Å². The Balaban J connectivity index is 1.88. The molecule has 0 spiro atoms. The van der Waals surface area contributed by atoms with Gasteiger partial charge in [-0.25, -0.2) is 13.9 Å². The fourth-order valence-corrected chi connectivity index (χ4v) is 3.54. The van der Waals surface area contributed by atoms with Gasteiger partial charge < -0.3 is 4.74 Å². The van der Waals surface area contributed by atoms with Crippen molar-refractivity contribution in [3.8, 4) is 16.9 Å². The Morgan fingerprint density at radius 3 is 2.57 bits per heavy atom. The summed E-state index contributed by atoms with van der Waals surface area (Å²) in [7, 11) is 0. The van der Waals surface area contributed by atoms with Gasteiger partial charge in [0, 0.05) is 16.1 Å². The number of esters is 1. The van der Waals surface area contributed by atoms with Gasteiger partial charge in [0.1, 0.15) is 11.5 Å². The van der Waals surface area contributed by atoms with Crippen LogP contribution in [0.25, 0.3) is 16.9 Å². The molecule has 4 nitrogen and oxygen atoms in total. The maximum Gasteiger partial charge on any atom is 0.359 e. The predicted octanol–water partition coefficient (Wildman–Crippen LogP) is 5.69. The number of benzene rings is 2. The fourth-order valence-electron chi connectivity index (χ4n) is 3.39. The molecule has 0 aliphatic heterocycles. The largest absolute Gasteiger partial charge is 0.461 e. The van der Waals surface area contributed by atoms with E-state index < -0.39 is 11.8 Å². The smallest absolute Gasteiger partial charge is 0.359 e. The van der Waals surface area contributed by atoms with Crippen molar-refractivity contribution >= 4 is 17.6 Å². The van der Waals surface area contributed by atoms with E-state index in [1.54, 1.807) is 26.0 Å². The molecule has 6 heteroatoms. The van der Waals surface area contributed by atoms with Crippen LogP contribution < -0.4 is 0 Å². The molecule has 0 saturated heterocycles. The normalized spacial score (nSPS) is 13.6. The zero-order chi connectivity index (χ0) is 19.8. The number of ether oxygens (including phenoxy) is 1. The fraction of sp³-hybridized carbons (Fsp3) is 0.273. The molecular weight excluding hydrogens is 379 g/mol. The number of hydrogen-bond donors (Lipinski definition) is 0. The van der Waals surface area contributed by atoms with Crippen LogP contribution in [0.1, 0.15) is 47.3 Å². The third-order valence-corrected chi connectivity index (χ3v) is 5.20. The number of nitrogens with zero attached hydrogens (tertiary/aromatic N) is 2. The first-order valence-electron chi connectivity index (χ1n) is 9.32. The average Bonchev–Trinajstić information content (AvgIpc) is 3.46. The molecule has 3 aromatic rings. The van der Waals surface area contributed by atoms with E-state index in [2.05, 4.69) is 17.2 Å². The number of aromatic nitrogens is 2. The van der Waals surface area contributed by atoms with E-state index in [0.717, 1.165) is 5.56 Å². The van der Waals surface area contributed by atoms with Crippen LogP contribution >= 0.6 is 11.6 Å². The molecular formula is C22H20ClFN2O2. The second-order valence-corrected chi connectivity index (χ2v) is 7.38. The molecule has 2 aromatic carbocycles. The standard InChI is InChI=1S/C22H20ClFN2O2/c1-3-28-22(27)20-13(2)21(16-8-6-15(7-9-16)14-4-5-14)26(25-20)19-11-10-17(23)12-18(19)24/h6-12,14H,3-5H2,1-2H3. The Labute approximate surface area is 167 Å². The van der Waals surface area contributed by atoms with Crippen LogP contribution in [0.2, 0.25) is 5.02 Å². The summed E-state index contributed by atoms with van der Waals surface area (Å²) >= 11 is 5.90. The van der Waals surface area contributed by atoms with E-state index >= 15 is 0 Å². The number of rotatable bonds is 5. The van der Waals surface area contributed by atoms with Crippen LogP contribution in [0.5, 0.6) is 0 Å². The van der Waals surface area contributed by atoms with Gasteiger partial charge in [-0.1, -0.05) is 35.9 Å². The maximum atomic E-state index is 14.6. The number of hydrogen-bond acceptors (Lipinski definition) is 3. The zero-order valence-corrected chi connectivity index (χ0v) is 16.5. The molecule has 1 saturated carbocycles. The van der Waals surface area contributed by atoms with Crippen LogP contribution in [0.3, 0.4) is 0 Å². The summed E-state index contributed by atoms with van der Waals surface area (Å²) in [4.78, 5) is 12.4. The topological polar surface area (TPSA) is 44.1 Å². The van der Waals surface area contributed by atoms with Gasteiger partial charge in [0.15, 0.2) is 5.69 Å². The number of carbonyl (C=O) groups is 1. The summed E-state index contributed by atoms with van der Waals surface area (Å²) < 4.78 is 21.2. The predicted molar refractivity (Wildman–Crippen MR) is 107 cm³/mol. The molecule has 1 aliphatic rings. The van der Waals surface area contributed by atoms with Crippen molar-refractivity contribution in [2.24, 2.45) is 0 Å². The summed E-state index contributed by atoms with van der Waals surface area (Å²) in [5.41, 5.74) is 3.87. The minimum atomic E-state index is -0.524. The van der Waals surface area contributed by atoms with Crippen molar-refractivity contribution in [2.75, 3.05) is 6.61 Å². The van der Waals surface area contributed by atoms with Crippen molar-refractivity contribution in [1.29, 1.82) is 0 Å². The first-order chi connectivity index (χ1) is 13.5. The molecule has 1 fully saturated rings. The second kappa shape index (κ2) is 7.40. The summed E-state index contributed by atoms with van der Waals surface area (Å²) in [6.07, 6.45) is 2.44. The molecule has 0 bridgehead atoms. The van der Waals surface area contributed by atoms with Crippen molar-refractivity contribution in [2.45, 2.75) is 32.6 Å². The van der Waals surface area contributed by atoms with Gasteiger partial charge in [0.05, 0.1) is 12.3 Å². The van der Waals surface area contributed by atoms with E-state index in [-0.39, 0.29) is 18.0 Å². The molecule has 1 heterocycles. The monoisotopic (exact) mass is 398 g/mol. The van der Waals surface area contributed by atoms with E-state index in [1.165, 1.54) is 29.2 Å². The molecule has 0 amide bonds. The first kappa shape index (κ1) is 18.7. The molecule has 0 unspecified atom stereocenters. The van der Waals surface area contributed by atoms with Crippen molar-refractivity contribution in [3.63, 3.8) is 0 Å². The summed E-state index contributed by atoms with van der Waals surface area (Å²) in [5.74, 6) is -0.394. The van der Waals surface area contributed by atoms with Crippen LogP contribution in [-0.4, -0.2) is 22.4 Å². The van der Waals surface area contributed by atoms with E-state index in [0.29, 0.717) is 22.2 Å². The van der Waals surface area contributed by atoms with Gasteiger partial charge in [-0.3, -0.25) is 0 Å². The van der Waals surface area contributed by atoms with Gasteiger partial charge in [-0.05, 0) is 56.4 Å². The molecule has 1 aromatic heterocycles. The Bertz CT molecular complexity index is 1040. The summed E-state index contributed by atoms with van der Waals surface area (Å²) in [5, 5.41) is 4.69. The Morgan fingerprint density at radius 1 is 1.25 bits per heavy atom. The van der Waals surface area contributed by atoms with Gasteiger partial charge >= 0.3 is 5.97 Å². The molecule has 1 aliphatic carbocycles. The Hall–Kier alpha value is -2.66. The molecule has 144 valence electrons. The number of halogens is 2.